The minimum Gasteiger partial charge on any atom is -0.317 e. The van der Waals surface area contributed by atoms with E-state index in [1.54, 1.807) is 0 Å². The number of fused-ring (bicyclic) bond motifs is 6. The molecule has 4 aliphatic rings. The van der Waals surface area contributed by atoms with Gasteiger partial charge in [0.25, 0.3) is 0 Å². The van der Waals surface area contributed by atoms with Crippen LogP contribution in [-0.4, -0.2) is 4.57 Å². The van der Waals surface area contributed by atoms with E-state index in [2.05, 4.69) is 186 Å². The molecule has 0 saturated carbocycles. The average Bonchev–Trinajstić information content (AvgIpc) is 3.71. The summed E-state index contributed by atoms with van der Waals surface area (Å²) < 4.78 is 2.46. The van der Waals surface area contributed by atoms with Crippen molar-refractivity contribution in [2.75, 3.05) is 4.90 Å². The van der Waals surface area contributed by atoms with Crippen molar-refractivity contribution in [3.05, 3.63) is 198 Å². The maximum atomic E-state index is 2.60. The van der Waals surface area contributed by atoms with Gasteiger partial charge in [-0.15, -0.1) is 0 Å². The summed E-state index contributed by atoms with van der Waals surface area (Å²) in [6.07, 6.45) is 22.0. The second kappa shape index (κ2) is 12.2. The van der Waals surface area contributed by atoms with Gasteiger partial charge in [-0.05, 0) is 101 Å². The number of anilines is 1. The fourth-order valence-electron chi connectivity index (χ4n) is 8.98. The fraction of sp³-hybridized carbons (Fsp3) is 0.143. The first-order valence-corrected chi connectivity index (χ1v) is 18.5. The van der Waals surface area contributed by atoms with Gasteiger partial charge in [0.1, 0.15) is 0 Å². The van der Waals surface area contributed by atoms with Crippen LogP contribution in [0, 0.1) is 5.92 Å². The fourth-order valence-corrected chi connectivity index (χ4v) is 8.98. The van der Waals surface area contributed by atoms with Crippen LogP contribution in [0.1, 0.15) is 54.7 Å². The molecule has 2 nitrogen and oxygen atoms in total. The van der Waals surface area contributed by atoms with E-state index in [4.69, 9.17) is 0 Å². The molecule has 2 heterocycles. The minimum atomic E-state index is 0.299. The molecule has 1 aliphatic heterocycles. The number of rotatable bonds is 5. The number of aromatic nitrogens is 1. The first-order chi connectivity index (χ1) is 25.2. The molecule has 6 aromatic rings. The molecule has 51 heavy (non-hydrogen) atoms. The summed E-state index contributed by atoms with van der Waals surface area (Å²) in [4.78, 5) is 2.60. The number of allylic oxidation sites excluding steroid dienone is 12. The van der Waals surface area contributed by atoms with E-state index in [-0.39, 0.29) is 0 Å². The minimum absolute atomic E-state index is 0.299. The highest BCUT2D eigenvalue weighted by molar-refractivity contribution is 6.11. The van der Waals surface area contributed by atoms with Crippen molar-refractivity contribution in [2.24, 2.45) is 5.92 Å². The Morgan fingerprint density at radius 2 is 1.45 bits per heavy atom. The lowest BCUT2D eigenvalue weighted by Gasteiger charge is -2.33. The van der Waals surface area contributed by atoms with Gasteiger partial charge >= 0.3 is 0 Å². The van der Waals surface area contributed by atoms with Crippen LogP contribution >= 0.6 is 0 Å². The molecule has 3 atom stereocenters. The van der Waals surface area contributed by atoms with Gasteiger partial charge in [0.2, 0.25) is 0 Å². The van der Waals surface area contributed by atoms with Gasteiger partial charge in [0.05, 0.1) is 11.0 Å². The van der Waals surface area contributed by atoms with Gasteiger partial charge in [0, 0.05) is 45.4 Å². The summed E-state index contributed by atoms with van der Waals surface area (Å²) in [5.41, 5.74) is 15.7. The first kappa shape index (κ1) is 30.0. The summed E-state index contributed by atoms with van der Waals surface area (Å²) in [6.45, 7) is 2.38. The van der Waals surface area contributed by atoms with Gasteiger partial charge in [-0.1, -0.05) is 134 Å². The van der Waals surface area contributed by atoms with Crippen LogP contribution in [0.4, 0.5) is 5.69 Å². The van der Waals surface area contributed by atoms with Crippen molar-refractivity contribution in [3.63, 3.8) is 0 Å². The van der Waals surface area contributed by atoms with Crippen LogP contribution < -0.4 is 4.90 Å². The summed E-state index contributed by atoms with van der Waals surface area (Å²) in [5.74, 6) is 1.00. The molecule has 0 fully saturated rings. The molecule has 0 amide bonds. The molecule has 0 spiro atoms. The van der Waals surface area contributed by atoms with Crippen LogP contribution in [0.5, 0.6) is 0 Å². The van der Waals surface area contributed by atoms with Crippen LogP contribution in [0.25, 0.3) is 44.2 Å². The molecule has 246 valence electrons. The molecular weight excluding hydrogens is 617 g/mol. The van der Waals surface area contributed by atoms with Crippen LogP contribution in [0.3, 0.4) is 0 Å². The summed E-state index contributed by atoms with van der Waals surface area (Å²) in [5, 5.41) is 2.61. The lowest BCUT2D eigenvalue weighted by atomic mass is 9.82. The topological polar surface area (TPSA) is 8.17 Å². The largest absolute Gasteiger partial charge is 0.317 e. The molecular formula is C49H40N2. The van der Waals surface area contributed by atoms with Crippen molar-refractivity contribution in [2.45, 2.75) is 38.0 Å². The average molecular weight is 657 g/mol. The quantitative estimate of drug-likeness (QED) is 0.179. The van der Waals surface area contributed by atoms with Gasteiger partial charge in [-0.25, -0.2) is 0 Å². The Labute approximate surface area is 300 Å². The highest BCUT2D eigenvalue weighted by Gasteiger charge is 2.40. The third-order valence-corrected chi connectivity index (χ3v) is 11.4. The lowest BCUT2D eigenvalue weighted by Crippen LogP contribution is -2.24. The predicted octanol–water partition coefficient (Wildman–Crippen LogP) is 12.8. The van der Waals surface area contributed by atoms with E-state index in [1.165, 1.54) is 78.0 Å². The first-order valence-electron chi connectivity index (χ1n) is 18.5. The number of benzene rings is 5. The standard InChI is InChI=1S/C49H40N2/c1-33-14-13-23-47-49(33)44-31-36(37-24-26-43-42-21-11-12-22-45(42)50(48(43)32-37)40-19-9-4-10-20-40)25-27-46(44)51(47)41-29-38(34-15-5-2-6-16-34)28-39(30-41)35-17-7-3-8-18-35/h2-3,5-9,11-29,31-33,39,49H,4,10,30H2,1H3. The third-order valence-electron chi connectivity index (χ3n) is 11.4. The number of para-hydroxylation sites is 1. The Bertz CT molecular complexity index is 2520. The zero-order valence-corrected chi connectivity index (χ0v) is 28.9. The number of nitrogens with zero attached hydrogens (tertiary/aromatic N) is 2. The van der Waals surface area contributed by atoms with Crippen molar-refractivity contribution in [1.29, 1.82) is 0 Å². The van der Waals surface area contributed by atoms with Crippen LogP contribution in [0.2, 0.25) is 0 Å². The van der Waals surface area contributed by atoms with Crippen molar-refractivity contribution in [3.8, 4) is 11.1 Å². The van der Waals surface area contributed by atoms with E-state index in [9.17, 15) is 0 Å². The third kappa shape index (κ3) is 5.01. The summed E-state index contributed by atoms with van der Waals surface area (Å²) >= 11 is 0. The SMILES string of the molecule is CC1C=CC=C2C1c1cc(-c3ccc4c5ccccc5n(C5=CCCC=C5)c4c3)ccc1N2C1=CC(c2ccccc2)=CC(c2ccccc2)C1. The molecule has 0 bridgehead atoms. The van der Waals surface area contributed by atoms with Crippen molar-refractivity contribution < 1.29 is 0 Å². The molecule has 3 unspecified atom stereocenters. The molecule has 0 N–H and O–H groups in total. The Kier molecular flexibility index (Phi) is 7.16. The molecule has 3 aliphatic carbocycles. The molecule has 5 aromatic carbocycles. The zero-order valence-electron chi connectivity index (χ0n) is 28.9. The Hall–Kier alpha value is -5.86. The predicted molar refractivity (Wildman–Crippen MR) is 215 cm³/mol. The molecule has 1 aromatic heterocycles. The van der Waals surface area contributed by atoms with Gasteiger partial charge < -0.3 is 9.47 Å². The monoisotopic (exact) mass is 656 g/mol. The van der Waals surface area contributed by atoms with E-state index in [0.717, 1.165) is 19.3 Å². The Balaban J connectivity index is 1.10. The maximum Gasteiger partial charge on any atom is 0.0547 e. The smallest absolute Gasteiger partial charge is 0.0547 e. The summed E-state index contributed by atoms with van der Waals surface area (Å²) in [6, 6.07) is 45.0. The maximum absolute atomic E-state index is 2.60. The Morgan fingerprint density at radius 1 is 0.686 bits per heavy atom. The number of hydrogen-bond donors (Lipinski definition) is 0. The Morgan fingerprint density at radius 3 is 2.29 bits per heavy atom. The van der Waals surface area contributed by atoms with E-state index < -0.39 is 0 Å². The normalized spacial score (nSPS) is 20.9. The van der Waals surface area contributed by atoms with E-state index >= 15 is 0 Å². The second-order valence-corrected chi connectivity index (χ2v) is 14.5. The van der Waals surface area contributed by atoms with E-state index in [0.29, 0.717) is 17.8 Å². The second-order valence-electron chi connectivity index (χ2n) is 14.5. The molecule has 0 radical (unpaired) electrons. The molecule has 2 heteroatoms. The van der Waals surface area contributed by atoms with Crippen LogP contribution in [-0.2, 0) is 0 Å². The van der Waals surface area contributed by atoms with Gasteiger partial charge in [-0.3, -0.25) is 0 Å². The zero-order chi connectivity index (χ0) is 33.9. The highest BCUT2D eigenvalue weighted by Crippen LogP contribution is 2.54. The van der Waals surface area contributed by atoms with Gasteiger partial charge in [-0.2, -0.15) is 0 Å². The molecule has 0 saturated heterocycles. The van der Waals surface area contributed by atoms with Gasteiger partial charge in [0.15, 0.2) is 0 Å². The highest BCUT2D eigenvalue weighted by atomic mass is 15.2. The summed E-state index contributed by atoms with van der Waals surface area (Å²) in [7, 11) is 0. The molecule has 10 rings (SSSR count). The van der Waals surface area contributed by atoms with Crippen LogP contribution in [0.15, 0.2) is 181 Å². The van der Waals surface area contributed by atoms with Crippen molar-refractivity contribution >= 4 is 38.8 Å². The van der Waals surface area contributed by atoms with Crippen molar-refractivity contribution in [1.82, 2.24) is 4.57 Å². The number of hydrogen-bond acceptors (Lipinski definition) is 1. The van der Waals surface area contributed by atoms with E-state index in [1.807, 2.05) is 0 Å². The lowest BCUT2D eigenvalue weighted by molar-refractivity contribution is 0.613.